The van der Waals surface area contributed by atoms with Crippen molar-refractivity contribution >= 4 is 27.5 Å². The highest BCUT2D eigenvalue weighted by molar-refractivity contribution is 7.18. The number of amides is 1. The quantitative estimate of drug-likeness (QED) is 0.676. The Morgan fingerprint density at radius 3 is 2.57 bits per heavy atom. The molecule has 0 saturated carbocycles. The van der Waals surface area contributed by atoms with E-state index in [9.17, 15) is 23.1 Å². The summed E-state index contributed by atoms with van der Waals surface area (Å²) in [4.78, 5) is 22.4. The summed E-state index contributed by atoms with van der Waals surface area (Å²) in [5.41, 5.74) is -2.40. The minimum Gasteiger partial charge on any atom is -0.374 e. The van der Waals surface area contributed by atoms with Gasteiger partial charge in [0.2, 0.25) is 11.5 Å². The lowest BCUT2D eigenvalue weighted by molar-refractivity contribution is -0.272. The molecule has 1 aliphatic heterocycles. The second-order valence-corrected chi connectivity index (χ2v) is 8.63. The Kier molecular flexibility index (Phi) is 5.31. The molecule has 1 N–H and O–H groups in total. The van der Waals surface area contributed by atoms with E-state index in [-0.39, 0.29) is 5.92 Å². The van der Waals surface area contributed by atoms with Crippen LogP contribution < -0.4 is 0 Å². The normalized spacial score (nSPS) is 18.0. The van der Waals surface area contributed by atoms with Gasteiger partial charge in [-0.25, -0.2) is 9.97 Å². The van der Waals surface area contributed by atoms with Crippen LogP contribution in [0.15, 0.2) is 36.7 Å². The number of imidazole rings is 1. The van der Waals surface area contributed by atoms with E-state index in [1.54, 1.807) is 11.3 Å². The summed E-state index contributed by atoms with van der Waals surface area (Å²) >= 11 is 1.61. The van der Waals surface area contributed by atoms with Crippen molar-refractivity contribution in [1.82, 2.24) is 19.4 Å². The van der Waals surface area contributed by atoms with Crippen LogP contribution in [0.3, 0.4) is 0 Å². The highest BCUT2D eigenvalue weighted by atomic mass is 32.1. The molecule has 6 nitrogen and oxygen atoms in total. The van der Waals surface area contributed by atoms with Crippen molar-refractivity contribution in [3.05, 3.63) is 47.5 Å². The fourth-order valence-corrected chi connectivity index (χ4v) is 4.98. The van der Waals surface area contributed by atoms with Crippen LogP contribution in [0.5, 0.6) is 0 Å². The van der Waals surface area contributed by atoms with Crippen LogP contribution >= 0.6 is 11.3 Å². The first-order valence-electron chi connectivity index (χ1n) is 9.59. The maximum Gasteiger partial charge on any atom is 0.425 e. The van der Waals surface area contributed by atoms with Crippen molar-refractivity contribution < 1.29 is 23.1 Å². The summed E-state index contributed by atoms with van der Waals surface area (Å²) < 4.78 is 43.2. The molecule has 1 fully saturated rings. The molecular weight excluding hydrogens is 417 g/mol. The highest BCUT2D eigenvalue weighted by Gasteiger charge is 2.59. The number of carbonyl (C=O) groups excluding carboxylic acids is 1. The maximum atomic E-state index is 13.7. The van der Waals surface area contributed by atoms with Crippen molar-refractivity contribution in [2.45, 2.75) is 37.0 Å². The summed E-state index contributed by atoms with van der Waals surface area (Å²) in [6.45, 7) is 0.655. The van der Waals surface area contributed by atoms with Crippen molar-refractivity contribution in [3.8, 4) is 0 Å². The van der Waals surface area contributed by atoms with Gasteiger partial charge in [-0.3, -0.25) is 4.79 Å². The number of fused-ring (bicyclic) bond motifs is 1. The van der Waals surface area contributed by atoms with Gasteiger partial charge in [0.15, 0.2) is 5.82 Å². The van der Waals surface area contributed by atoms with E-state index in [1.165, 1.54) is 24.3 Å². The number of hydrogen-bond acceptors (Lipinski definition) is 5. The van der Waals surface area contributed by atoms with E-state index in [4.69, 9.17) is 0 Å². The number of carbonyl (C=O) groups is 1. The van der Waals surface area contributed by atoms with Gasteiger partial charge in [0.25, 0.3) is 0 Å². The summed E-state index contributed by atoms with van der Waals surface area (Å²) in [6, 6.07) is 7.83. The Morgan fingerprint density at radius 2 is 1.97 bits per heavy atom. The van der Waals surface area contributed by atoms with E-state index in [1.807, 2.05) is 24.3 Å². The van der Waals surface area contributed by atoms with Crippen LogP contribution in [0, 0.1) is 0 Å². The van der Waals surface area contributed by atoms with Crippen LogP contribution in [0.2, 0.25) is 0 Å². The van der Waals surface area contributed by atoms with E-state index in [2.05, 4.69) is 9.97 Å². The molecule has 1 saturated heterocycles. The predicted octanol–water partition coefficient (Wildman–Crippen LogP) is 3.58. The number of thiazole rings is 1. The zero-order valence-electron chi connectivity index (χ0n) is 16.3. The Labute approximate surface area is 175 Å². The molecule has 0 radical (unpaired) electrons. The molecule has 160 valence electrons. The summed E-state index contributed by atoms with van der Waals surface area (Å²) in [5, 5.41) is 11.4. The molecule has 10 heteroatoms. The number of para-hydroxylation sites is 1. The van der Waals surface area contributed by atoms with Gasteiger partial charge in [0, 0.05) is 38.4 Å². The van der Waals surface area contributed by atoms with Crippen molar-refractivity contribution in [2.24, 2.45) is 7.05 Å². The smallest absolute Gasteiger partial charge is 0.374 e. The van der Waals surface area contributed by atoms with Gasteiger partial charge in [-0.05, 0) is 25.0 Å². The first kappa shape index (κ1) is 20.8. The Morgan fingerprint density at radius 1 is 1.27 bits per heavy atom. The van der Waals surface area contributed by atoms with Crippen LogP contribution in [0.25, 0.3) is 10.2 Å². The van der Waals surface area contributed by atoms with Crippen molar-refractivity contribution in [2.75, 3.05) is 13.1 Å². The molecule has 1 aromatic carbocycles. The number of hydrogen-bond donors (Lipinski definition) is 1. The van der Waals surface area contributed by atoms with Gasteiger partial charge in [0.1, 0.15) is 0 Å². The molecule has 1 aliphatic rings. The van der Waals surface area contributed by atoms with Gasteiger partial charge < -0.3 is 14.6 Å². The molecule has 0 aliphatic carbocycles. The summed E-state index contributed by atoms with van der Waals surface area (Å²) in [6.07, 6.45) is -2.40. The first-order valence-corrected chi connectivity index (χ1v) is 10.4. The molecular formula is C20H21F3N4O2S. The number of rotatable bonds is 4. The summed E-state index contributed by atoms with van der Waals surface area (Å²) in [5.74, 6) is -1.16. The second-order valence-electron chi connectivity index (χ2n) is 7.57. The number of aliphatic hydroxyl groups is 1. The minimum atomic E-state index is -5.03. The number of nitrogens with zero attached hydrogens (tertiary/aromatic N) is 4. The number of aryl methyl sites for hydroxylation is 1. The SMILES string of the molecule is Cn1ccnc1C(O)(CC(=O)N1CCC(c2nc3ccccc3s2)CC1)C(F)(F)F. The molecule has 3 aromatic rings. The van der Waals surface area contributed by atoms with Crippen LogP contribution in [-0.2, 0) is 17.4 Å². The molecule has 1 unspecified atom stereocenters. The standard InChI is InChI=1S/C20H21F3N4O2S/c1-26-11-8-24-18(26)19(29,20(21,22)23)12-16(28)27-9-6-13(7-10-27)17-25-14-4-2-3-5-15(14)30-17/h2-5,8,11,13,29H,6-7,9-10,12H2,1H3. The van der Waals surface area contributed by atoms with Crippen molar-refractivity contribution in [1.29, 1.82) is 0 Å². The topological polar surface area (TPSA) is 71.2 Å². The Balaban J connectivity index is 1.45. The highest BCUT2D eigenvalue weighted by Crippen LogP contribution is 2.41. The lowest BCUT2D eigenvalue weighted by Crippen LogP contribution is -2.49. The third-order valence-corrected chi connectivity index (χ3v) is 6.77. The first-order chi connectivity index (χ1) is 14.2. The number of alkyl halides is 3. The molecule has 1 amide bonds. The van der Waals surface area contributed by atoms with E-state index < -0.39 is 29.9 Å². The van der Waals surface area contributed by atoms with Gasteiger partial charge in [0.05, 0.1) is 21.6 Å². The lowest BCUT2D eigenvalue weighted by Gasteiger charge is -2.35. The number of likely N-dealkylation sites (tertiary alicyclic amines) is 1. The third-order valence-electron chi connectivity index (χ3n) is 5.57. The average Bonchev–Trinajstić information content (AvgIpc) is 3.33. The number of aromatic nitrogens is 3. The molecule has 2 aromatic heterocycles. The van der Waals surface area contributed by atoms with E-state index >= 15 is 0 Å². The third kappa shape index (κ3) is 3.69. The number of piperidine rings is 1. The van der Waals surface area contributed by atoms with Crippen LogP contribution in [0.1, 0.15) is 36.0 Å². The lowest BCUT2D eigenvalue weighted by atomic mass is 9.94. The molecule has 30 heavy (non-hydrogen) atoms. The van der Waals surface area contributed by atoms with Crippen LogP contribution in [-0.4, -0.2) is 49.7 Å². The zero-order chi connectivity index (χ0) is 21.5. The van der Waals surface area contributed by atoms with Gasteiger partial charge in [-0.15, -0.1) is 11.3 Å². The maximum absolute atomic E-state index is 13.7. The molecule has 1 atom stereocenters. The minimum absolute atomic E-state index is 0.169. The fraction of sp³-hybridized carbons (Fsp3) is 0.450. The predicted molar refractivity (Wildman–Crippen MR) is 106 cm³/mol. The summed E-state index contributed by atoms with van der Waals surface area (Å²) in [7, 11) is 1.35. The molecule has 0 spiro atoms. The van der Waals surface area contributed by atoms with E-state index in [0.717, 1.165) is 19.8 Å². The van der Waals surface area contributed by atoms with Gasteiger partial charge >= 0.3 is 6.18 Å². The molecule has 3 heterocycles. The average molecular weight is 438 g/mol. The number of benzene rings is 1. The second kappa shape index (κ2) is 7.66. The number of halogens is 3. The monoisotopic (exact) mass is 438 g/mol. The van der Waals surface area contributed by atoms with E-state index in [0.29, 0.717) is 25.9 Å². The van der Waals surface area contributed by atoms with Gasteiger partial charge in [-0.2, -0.15) is 13.2 Å². The Hall–Kier alpha value is -2.46. The van der Waals surface area contributed by atoms with Crippen LogP contribution in [0.4, 0.5) is 13.2 Å². The fourth-order valence-electron chi connectivity index (χ4n) is 3.84. The largest absolute Gasteiger partial charge is 0.425 e. The molecule has 0 bridgehead atoms. The zero-order valence-corrected chi connectivity index (χ0v) is 17.1. The van der Waals surface area contributed by atoms with Crippen molar-refractivity contribution in [3.63, 3.8) is 0 Å². The Bertz CT molecular complexity index is 1020. The van der Waals surface area contributed by atoms with Gasteiger partial charge in [-0.1, -0.05) is 12.1 Å². The molecule has 4 rings (SSSR count).